The van der Waals surface area contributed by atoms with Gasteiger partial charge in [-0.15, -0.1) is 0 Å². The SMILES string of the molecule is C1=Cc2cc(Nc3ccc4ccccc4c3)ccc2CC1. The predicted molar refractivity (Wildman–Crippen MR) is 91.0 cm³/mol. The topological polar surface area (TPSA) is 12.0 Å². The van der Waals surface area contributed by atoms with Crippen molar-refractivity contribution in [2.45, 2.75) is 12.8 Å². The summed E-state index contributed by atoms with van der Waals surface area (Å²) in [4.78, 5) is 0. The number of nitrogens with one attached hydrogen (secondary N) is 1. The largest absolute Gasteiger partial charge is 0.355 e. The maximum Gasteiger partial charge on any atom is 0.0390 e. The van der Waals surface area contributed by atoms with E-state index in [0.29, 0.717) is 0 Å². The minimum atomic E-state index is 1.13. The molecule has 0 unspecified atom stereocenters. The third-order valence-electron chi connectivity index (χ3n) is 4.06. The first-order valence-electron chi connectivity index (χ1n) is 7.44. The molecule has 3 aromatic rings. The van der Waals surface area contributed by atoms with E-state index in [1.165, 1.54) is 21.9 Å². The Bertz CT molecular complexity index is 830. The lowest BCUT2D eigenvalue weighted by molar-refractivity contribution is 0.986. The number of hydrogen-bond acceptors (Lipinski definition) is 1. The number of benzene rings is 3. The van der Waals surface area contributed by atoms with Crippen LogP contribution in [-0.2, 0) is 6.42 Å². The molecule has 0 spiro atoms. The summed E-state index contributed by atoms with van der Waals surface area (Å²) >= 11 is 0. The molecule has 0 amide bonds. The van der Waals surface area contributed by atoms with Crippen molar-refractivity contribution < 1.29 is 0 Å². The Morgan fingerprint density at radius 2 is 1.57 bits per heavy atom. The van der Waals surface area contributed by atoms with Gasteiger partial charge in [0, 0.05) is 11.4 Å². The molecule has 0 atom stereocenters. The summed E-state index contributed by atoms with van der Waals surface area (Å²) in [6.07, 6.45) is 6.79. The van der Waals surface area contributed by atoms with Crippen molar-refractivity contribution in [1.82, 2.24) is 0 Å². The van der Waals surface area contributed by atoms with Gasteiger partial charge in [0.25, 0.3) is 0 Å². The highest BCUT2D eigenvalue weighted by molar-refractivity contribution is 5.86. The summed E-state index contributed by atoms with van der Waals surface area (Å²) in [5.74, 6) is 0. The van der Waals surface area contributed by atoms with Crippen LogP contribution >= 0.6 is 0 Å². The Morgan fingerprint density at radius 1 is 0.762 bits per heavy atom. The van der Waals surface area contributed by atoms with Crippen LogP contribution in [0.5, 0.6) is 0 Å². The lowest BCUT2D eigenvalue weighted by atomic mass is 9.97. The Kier molecular flexibility index (Phi) is 2.97. The summed E-state index contributed by atoms with van der Waals surface area (Å²) in [7, 11) is 0. The van der Waals surface area contributed by atoms with E-state index >= 15 is 0 Å². The Morgan fingerprint density at radius 3 is 2.52 bits per heavy atom. The molecular weight excluding hydrogens is 254 g/mol. The minimum Gasteiger partial charge on any atom is -0.355 e. The van der Waals surface area contributed by atoms with Gasteiger partial charge in [-0.3, -0.25) is 0 Å². The predicted octanol–water partition coefficient (Wildman–Crippen LogP) is 5.54. The summed E-state index contributed by atoms with van der Waals surface area (Å²) in [6, 6.07) is 21.6. The highest BCUT2D eigenvalue weighted by atomic mass is 14.9. The van der Waals surface area contributed by atoms with Gasteiger partial charge in [0.15, 0.2) is 0 Å². The fraction of sp³-hybridized carbons (Fsp3) is 0.100. The zero-order valence-corrected chi connectivity index (χ0v) is 11.8. The lowest BCUT2D eigenvalue weighted by Crippen LogP contribution is -1.96. The molecule has 0 heterocycles. The molecule has 0 fully saturated rings. The molecular formula is C20H17N. The van der Waals surface area contributed by atoms with Gasteiger partial charge in [-0.1, -0.05) is 48.6 Å². The van der Waals surface area contributed by atoms with E-state index in [1.807, 2.05) is 0 Å². The molecule has 1 heteroatoms. The maximum atomic E-state index is 3.51. The van der Waals surface area contributed by atoms with E-state index in [9.17, 15) is 0 Å². The zero-order valence-electron chi connectivity index (χ0n) is 11.8. The molecule has 0 bridgehead atoms. The van der Waals surface area contributed by atoms with Crippen molar-refractivity contribution in [3.8, 4) is 0 Å². The zero-order chi connectivity index (χ0) is 14.1. The van der Waals surface area contributed by atoms with Gasteiger partial charge < -0.3 is 5.32 Å². The second kappa shape index (κ2) is 5.10. The molecule has 4 rings (SSSR count). The van der Waals surface area contributed by atoms with E-state index in [2.05, 4.69) is 78.1 Å². The van der Waals surface area contributed by atoms with Crippen LogP contribution in [0.4, 0.5) is 11.4 Å². The van der Waals surface area contributed by atoms with E-state index in [0.717, 1.165) is 24.2 Å². The van der Waals surface area contributed by atoms with Crippen LogP contribution in [0.15, 0.2) is 66.7 Å². The summed E-state index contributed by atoms with van der Waals surface area (Å²) in [5.41, 5.74) is 5.07. The van der Waals surface area contributed by atoms with Crippen LogP contribution < -0.4 is 5.32 Å². The first kappa shape index (κ1) is 12.2. The van der Waals surface area contributed by atoms with Gasteiger partial charge in [-0.2, -0.15) is 0 Å². The minimum absolute atomic E-state index is 1.13. The number of allylic oxidation sites excluding steroid dienone is 1. The van der Waals surface area contributed by atoms with Gasteiger partial charge in [-0.25, -0.2) is 0 Å². The molecule has 102 valence electrons. The third kappa shape index (κ3) is 2.43. The fourth-order valence-corrected chi connectivity index (χ4v) is 2.94. The molecule has 1 aliphatic rings. The standard InChI is InChI=1S/C20H17N/c1-3-7-17-13-19(11-9-15(17)5-1)21-20-12-10-16-6-2-4-8-18(16)14-20/h1,3-5,7-14,21H,2,6H2. The average molecular weight is 271 g/mol. The molecule has 1 aliphatic carbocycles. The second-order valence-corrected chi connectivity index (χ2v) is 5.54. The van der Waals surface area contributed by atoms with Gasteiger partial charge >= 0.3 is 0 Å². The number of aryl methyl sites for hydroxylation is 1. The second-order valence-electron chi connectivity index (χ2n) is 5.54. The van der Waals surface area contributed by atoms with E-state index in [-0.39, 0.29) is 0 Å². The van der Waals surface area contributed by atoms with Crippen molar-refractivity contribution in [2.75, 3.05) is 5.32 Å². The number of fused-ring (bicyclic) bond motifs is 2. The lowest BCUT2D eigenvalue weighted by Gasteiger charge is -2.13. The molecule has 3 aromatic carbocycles. The molecule has 0 aromatic heterocycles. The van der Waals surface area contributed by atoms with Crippen molar-refractivity contribution in [1.29, 1.82) is 0 Å². The van der Waals surface area contributed by atoms with Crippen LogP contribution in [0.25, 0.3) is 16.8 Å². The van der Waals surface area contributed by atoms with Crippen molar-refractivity contribution in [3.05, 3.63) is 77.9 Å². The van der Waals surface area contributed by atoms with Gasteiger partial charge in [0.2, 0.25) is 0 Å². The van der Waals surface area contributed by atoms with Crippen molar-refractivity contribution >= 4 is 28.2 Å². The summed E-state index contributed by atoms with van der Waals surface area (Å²) in [5, 5.41) is 6.05. The molecule has 21 heavy (non-hydrogen) atoms. The first-order chi connectivity index (χ1) is 10.4. The highest BCUT2D eigenvalue weighted by Crippen LogP contribution is 2.26. The molecule has 1 N–H and O–H groups in total. The van der Waals surface area contributed by atoms with Crippen LogP contribution in [0.3, 0.4) is 0 Å². The number of anilines is 2. The van der Waals surface area contributed by atoms with Gasteiger partial charge in [0.05, 0.1) is 0 Å². The molecule has 0 aliphatic heterocycles. The fourth-order valence-electron chi connectivity index (χ4n) is 2.94. The average Bonchev–Trinajstić information content (AvgIpc) is 2.55. The monoisotopic (exact) mass is 271 g/mol. The van der Waals surface area contributed by atoms with Crippen LogP contribution in [0, 0.1) is 0 Å². The Hall–Kier alpha value is -2.54. The van der Waals surface area contributed by atoms with Gasteiger partial charge in [0.1, 0.15) is 0 Å². The van der Waals surface area contributed by atoms with Gasteiger partial charge in [-0.05, 0) is 59.0 Å². The van der Waals surface area contributed by atoms with Crippen LogP contribution in [-0.4, -0.2) is 0 Å². The molecule has 0 saturated heterocycles. The van der Waals surface area contributed by atoms with Crippen molar-refractivity contribution in [3.63, 3.8) is 0 Å². The summed E-state index contributed by atoms with van der Waals surface area (Å²) < 4.78 is 0. The number of hydrogen-bond donors (Lipinski definition) is 1. The van der Waals surface area contributed by atoms with E-state index in [1.54, 1.807) is 0 Å². The number of rotatable bonds is 2. The van der Waals surface area contributed by atoms with Crippen LogP contribution in [0.1, 0.15) is 17.5 Å². The summed E-state index contributed by atoms with van der Waals surface area (Å²) in [6.45, 7) is 0. The smallest absolute Gasteiger partial charge is 0.0390 e. The quantitative estimate of drug-likeness (QED) is 0.645. The molecule has 0 radical (unpaired) electrons. The molecule has 1 nitrogen and oxygen atoms in total. The van der Waals surface area contributed by atoms with Crippen LogP contribution in [0.2, 0.25) is 0 Å². The van der Waals surface area contributed by atoms with Crippen molar-refractivity contribution in [2.24, 2.45) is 0 Å². The Balaban J connectivity index is 1.67. The van der Waals surface area contributed by atoms with E-state index in [4.69, 9.17) is 0 Å². The maximum absolute atomic E-state index is 3.51. The molecule has 0 saturated carbocycles. The normalized spacial score (nSPS) is 13.1. The Labute approximate surface area is 124 Å². The van der Waals surface area contributed by atoms with E-state index < -0.39 is 0 Å². The highest BCUT2D eigenvalue weighted by Gasteiger charge is 2.05. The third-order valence-corrected chi connectivity index (χ3v) is 4.06. The first-order valence-corrected chi connectivity index (χ1v) is 7.44.